The smallest absolute Gasteiger partial charge is 0.0585 e. The molecule has 1 fully saturated rings. The average molecular weight is 299 g/mol. The van der Waals surface area contributed by atoms with Gasteiger partial charge in [-0.3, -0.25) is 0 Å². The third-order valence-corrected chi connectivity index (χ3v) is 3.93. The van der Waals surface area contributed by atoms with E-state index >= 15 is 0 Å². The molecule has 1 aromatic rings. The number of nitrogens with one attached hydrogen (secondary N) is 1. The lowest BCUT2D eigenvalue weighted by molar-refractivity contribution is 0.0763. The van der Waals surface area contributed by atoms with Crippen LogP contribution in [0.2, 0.25) is 0 Å². The first-order chi connectivity index (χ1) is 8.16. The van der Waals surface area contributed by atoms with Crippen molar-refractivity contribution < 1.29 is 5.11 Å². The van der Waals surface area contributed by atoms with Crippen LogP contribution in [-0.2, 0) is 0 Å². The molecular formula is C13H19BrN2O. The number of anilines is 2. The van der Waals surface area contributed by atoms with Crippen LogP contribution in [0.5, 0.6) is 0 Å². The Morgan fingerprint density at radius 3 is 2.88 bits per heavy atom. The topological polar surface area (TPSA) is 58.3 Å². The monoisotopic (exact) mass is 298 g/mol. The van der Waals surface area contributed by atoms with Crippen molar-refractivity contribution in [3.05, 3.63) is 22.7 Å². The van der Waals surface area contributed by atoms with Gasteiger partial charge in [-0.15, -0.1) is 0 Å². The Morgan fingerprint density at radius 1 is 1.35 bits per heavy atom. The van der Waals surface area contributed by atoms with Crippen LogP contribution < -0.4 is 11.1 Å². The summed E-state index contributed by atoms with van der Waals surface area (Å²) < 4.78 is 1.01. The Labute approximate surface area is 111 Å². The molecule has 4 heteroatoms. The Balaban J connectivity index is 1.94. The molecule has 0 aliphatic heterocycles. The molecule has 1 aliphatic rings. The molecule has 2 atom stereocenters. The van der Waals surface area contributed by atoms with Crippen molar-refractivity contribution in [3.8, 4) is 0 Å². The standard InChI is InChI=1S/C13H19BrN2O/c14-10-5-6-11(15)12(7-10)16-8-9-3-1-2-4-13(9)17/h5-7,9,13,16-17H,1-4,8,15H2. The first kappa shape index (κ1) is 12.7. The van der Waals surface area contributed by atoms with Gasteiger partial charge in [0.25, 0.3) is 0 Å². The second-order valence-corrected chi connectivity index (χ2v) is 5.64. The minimum Gasteiger partial charge on any atom is -0.397 e. The van der Waals surface area contributed by atoms with Crippen LogP contribution in [0, 0.1) is 5.92 Å². The van der Waals surface area contributed by atoms with Crippen LogP contribution in [0.1, 0.15) is 25.7 Å². The number of aliphatic hydroxyl groups is 1. The van der Waals surface area contributed by atoms with E-state index in [0.29, 0.717) is 5.92 Å². The zero-order valence-corrected chi connectivity index (χ0v) is 11.4. The molecule has 0 radical (unpaired) electrons. The number of nitrogens with two attached hydrogens (primary N) is 1. The number of hydrogen-bond donors (Lipinski definition) is 3. The predicted molar refractivity (Wildman–Crippen MR) is 75.0 cm³/mol. The van der Waals surface area contributed by atoms with E-state index in [1.807, 2.05) is 18.2 Å². The lowest BCUT2D eigenvalue weighted by Crippen LogP contribution is -2.30. The number of aliphatic hydroxyl groups excluding tert-OH is 1. The molecule has 0 saturated heterocycles. The number of rotatable bonds is 3. The van der Waals surface area contributed by atoms with Crippen molar-refractivity contribution in [2.45, 2.75) is 31.8 Å². The lowest BCUT2D eigenvalue weighted by Gasteiger charge is -2.28. The Hall–Kier alpha value is -0.740. The first-order valence-corrected chi connectivity index (χ1v) is 6.93. The van der Waals surface area contributed by atoms with E-state index in [4.69, 9.17) is 5.73 Å². The molecule has 4 N–H and O–H groups in total. The second-order valence-electron chi connectivity index (χ2n) is 4.72. The molecular weight excluding hydrogens is 280 g/mol. The van der Waals surface area contributed by atoms with Crippen LogP contribution in [0.15, 0.2) is 22.7 Å². The SMILES string of the molecule is Nc1ccc(Br)cc1NCC1CCCCC1O. The van der Waals surface area contributed by atoms with E-state index in [9.17, 15) is 5.11 Å². The van der Waals surface area contributed by atoms with Gasteiger partial charge in [0, 0.05) is 16.9 Å². The summed E-state index contributed by atoms with van der Waals surface area (Å²) in [6, 6.07) is 5.78. The summed E-state index contributed by atoms with van der Waals surface area (Å²) in [4.78, 5) is 0. The molecule has 2 rings (SSSR count). The van der Waals surface area contributed by atoms with Gasteiger partial charge in [-0.05, 0) is 31.0 Å². The van der Waals surface area contributed by atoms with Gasteiger partial charge in [0.15, 0.2) is 0 Å². The van der Waals surface area contributed by atoms with Crippen molar-refractivity contribution in [1.82, 2.24) is 0 Å². The van der Waals surface area contributed by atoms with E-state index in [2.05, 4.69) is 21.2 Å². The van der Waals surface area contributed by atoms with Gasteiger partial charge in [-0.25, -0.2) is 0 Å². The van der Waals surface area contributed by atoms with E-state index in [-0.39, 0.29) is 6.10 Å². The zero-order valence-electron chi connectivity index (χ0n) is 9.82. The van der Waals surface area contributed by atoms with Gasteiger partial charge in [0.1, 0.15) is 0 Å². The molecule has 1 saturated carbocycles. The van der Waals surface area contributed by atoms with Gasteiger partial charge in [-0.1, -0.05) is 28.8 Å². The summed E-state index contributed by atoms with van der Waals surface area (Å²) in [5, 5.41) is 13.2. The van der Waals surface area contributed by atoms with Crippen LogP contribution in [0.25, 0.3) is 0 Å². The summed E-state index contributed by atoms with van der Waals surface area (Å²) in [6.45, 7) is 0.793. The van der Waals surface area contributed by atoms with Crippen LogP contribution in [0.4, 0.5) is 11.4 Å². The van der Waals surface area contributed by atoms with Crippen LogP contribution in [-0.4, -0.2) is 17.8 Å². The molecule has 1 aliphatic carbocycles. The minimum atomic E-state index is -0.162. The first-order valence-electron chi connectivity index (χ1n) is 6.14. The third kappa shape index (κ3) is 3.36. The highest BCUT2D eigenvalue weighted by Crippen LogP contribution is 2.27. The highest BCUT2D eigenvalue weighted by atomic mass is 79.9. The normalized spacial score (nSPS) is 24.6. The van der Waals surface area contributed by atoms with E-state index in [1.54, 1.807) is 0 Å². The molecule has 1 aromatic carbocycles. The highest BCUT2D eigenvalue weighted by molar-refractivity contribution is 9.10. The Kier molecular flexibility index (Phi) is 4.29. The van der Waals surface area contributed by atoms with Crippen molar-refractivity contribution in [2.24, 2.45) is 5.92 Å². The van der Waals surface area contributed by atoms with Crippen molar-refractivity contribution in [2.75, 3.05) is 17.6 Å². The van der Waals surface area contributed by atoms with Crippen molar-refractivity contribution in [3.63, 3.8) is 0 Å². The number of halogens is 1. The predicted octanol–water partition coefficient (Wildman–Crippen LogP) is 2.99. The van der Waals surface area contributed by atoms with Gasteiger partial charge < -0.3 is 16.2 Å². The Morgan fingerprint density at radius 2 is 2.12 bits per heavy atom. The second kappa shape index (κ2) is 5.74. The summed E-state index contributed by atoms with van der Waals surface area (Å²) in [5.74, 6) is 0.349. The molecule has 0 aromatic heterocycles. The van der Waals surface area contributed by atoms with E-state index < -0.39 is 0 Å². The fraction of sp³-hybridized carbons (Fsp3) is 0.538. The average Bonchev–Trinajstić information content (AvgIpc) is 2.32. The summed E-state index contributed by atoms with van der Waals surface area (Å²) in [5.41, 5.74) is 7.58. The summed E-state index contributed by atoms with van der Waals surface area (Å²) in [6.07, 6.45) is 4.24. The fourth-order valence-corrected chi connectivity index (χ4v) is 2.71. The number of hydrogen-bond acceptors (Lipinski definition) is 3. The number of benzene rings is 1. The maximum Gasteiger partial charge on any atom is 0.0585 e. The molecule has 0 amide bonds. The van der Waals surface area contributed by atoms with Crippen molar-refractivity contribution >= 4 is 27.3 Å². The maximum atomic E-state index is 9.89. The van der Waals surface area contributed by atoms with Gasteiger partial charge in [-0.2, -0.15) is 0 Å². The fourth-order valence-electron chi connectivity index (χ4n) is 2.35. The van der Waals surface area contributed by atoms with Crippen molar-refractivity contribution in [1.29, 1.82) is 0 Å². The zero-order chi connectivity index (χ0) is 12.3. The van der Waals surface area contributed by atoms with E-state index in [0.717, 1.165) is 41.7 Å². The summed E-state index contributed by atoms with van der Waals surface area (Å²) >= 11 is 3.43. The quantitative estimate of drug-likeness (QED) is 0.752. The molecule has 0 spiro atoms. The minimum absolute atomic E-state index is 0.162. The highest BCUT2D eigenvalue weighted by Gasteiger charge is 2.22. The molecule has 0 heterocycles. The molecule has 94 valence electrons. The molecule has 2 unspecified atom stereocenters. The molecule has 3 nitrogen and oxygen atoms in total. The summed E-state index contributed by atoms with van der Waals surface area (Å²) in [7, 11) is 0. The molecule has 0 bridgehead atoms. The van der Waals surface area contributed by atoms with Crippen LogP contribution in [0.3, 0.4) is 0 Å². The van der Waals surface area contributed by atoms with Gasteiger partial charge in [0.05, 0.1) is 17.5 Å². The van der Waals surface area contributed by atoms with Gasteiger partial charge >= 0.3 is 0 Å². The number of nitrogen functional groups attached to an aromatic ring is 1. The largest absolute Gasteiger partial charge is 0.397 e. The third-order valence-electron chi connectivity index (χ3n) is 3.44. The van der Waals surface area contributed by atoms with E-state index in [1.165, 1.54) is 6.42 Å². The maximum absolute atomic E-state index is 9.89. The lowest BCUT2D eigenvalue weighted by atomic mass is 9.86. The molecule has 17 heavy (non-hydrogen) atoms. The van der Waals surface area contributed by atoms with Gasteiger partial charge in [0.2, 0.25) is 0 Å². The van der Waals surface area contributed by atoms with Crippen LogP contribution >= 0.6 is 15.9 Å². The Bertz CT molecular complexity index is 384.